The second kappa shape index (κ2) is 5.69. The number of amides is 1. The van der Waals surface area contributed by atoms with Crippen LogP contribution < -0.4 is 4.90 Å². The number of β-amino-alcohol motifs (C(OH)–C–C–N with tert-alkyl or cyclic N) is 1. The summed E-state index contributed by atoms with van der Waals surface area (Å²) < 4.78 is 0. The number of fused-ring (bicyclic) bond motifs is 1. The molecule has 5 nitrogen and oxygen atoms in total. The molecule has 1 atom stereocenters. The highest BCUT2D eigenvalue weighted by atomic mass is 16.3. The number of pyridine rings is 1. The second-order valence-corrected chi connectivity index (χ2v) is 5.42. The molecule has 21 heavy (non-hydrogen) atoms. The Morgan fingerprint density at radius 2 is 2.05 bits per heavy atom. The summed E-state index contributed by atoms with van der Waals surface area (Å²) in [7, 11) is 0. The number of rotatable bonds is 1. The quantitative estimate of drug-likeness (QED) is 0.857. The maximum Gasteiger partial charge on any atom is 0.219 e. The van der Waals surface area contributed by atoms with E-state index in [1.54, 1.807) is 18.0 Å². The molecule has 0 aliphatic carbocycles. The third-order valence-corrected chi connectivity index (χ3v) is 3.90. The van der Waals surface area contributed by atoms with Gasteiger partial charge in [-0.05, 0) is 11.5 Å². The van der Waals surface area contributed by atoms with E-state index in [4.69, 9.17) is 0 Å². The van der Waals surface area contributed by atoms with Crippen molar-refractivity contribution in [3.63, 3.8) is 0 Å². The van der Waals surface area contributed by atoms with Crippen molar-refractivity contribution in [3.05, 3.63) is 36.5 Å². The molecule has 0 saturated carbocycles. The molecule has 1 aliphatic heterocycles. The van der Waals surface area contributed by atoms with Crippen LogP contribution in [0.3, 0.4) is 0 Å². The van der Waals surface area contributed by atoms with Crippen LogP contribution >= 0.6 is 0 Å². The van der Waals surface area contributed by atoms with Crippen molar-refractivity contribution in [2.45, 2.75) is 13.0 Å². The third kappa shape index (κ3) is 2.83. The van der Waals surface area contributed by atoms with Crippen LogP contribution in [0.2, 0.25) is 0 Å². The Kier molecular flexibility index (Phi) is 3.75. The van der Waals surface area contributed by atoms with E-state index in [2.05, 4.69) is 16.0 Å². The summed E-state index contributed by atoms with van der Waals surface area (Å²) in [4.78, 5) is 19.8. The van der Waals surface area contributed by atoms with E-state index in [0.717, 1.165) is 16.6 Å². The smallest absolute Gasteiger partial charge is 0.219 e. The lowest BCUT2D eigenvalue weighted by molar-refractivity contribution is -0.129. The molecule has 5 heteroatoms. The first-order valence-electron chi connectivity index (χ1n) is 7.17. The van der Waals surface area contributed by atoms with Gasteiger partial charge in [-0.2, -0.15) is 0 Å². The number of nitrogens with zero attached hydrogens (tertiary/aromatic N) is 3. The molecule has 2 aromatic rings. The molecule has 0 radical (unpaired) electrons. The minimum Gasteiger partial charge on any atom is -0.389 e. The largest absolute Gasteiger partial charge is 0.389 e. The summed E-state index contributed by atoms with van der Waals surface area (Å²) in [5.41, 5.74) is 0. The molecule has 1 aromatic heterocycles. The third-order valence-electron chi connectivity index (χ3n) is 3.90. The summed E-state index contributed by atoms with van der Waals surface area (Å²) in [5, 5.41) is 12.4. The van der Waals surface area contributed by atoms with Crippen LogP contribution in [-0.4, -0.2) is 53.2 Å². The van der Waals surface area contributed by atoms with Crippen LogP contribution in [0.25, 0.3) is 10.8 Å². The Morgan fingerprint density at radius 1 is 1.24 bits per heavy atom. The molecular weight excluding hydrogens is 266 g/mol. The first kappa shape index (κ1) is 13.8. The highest BCUT2D eigenvalue weighted by molar-refractivity contribution is 5.92. The Labute approximate surface area is 123 Å². The van der Waals surface area contributed by atoms with Gasteiger partial charge in [-0.3, -0.25) is 4.79 Å². The maximum atomic E-state index is 11.5. The molecular formula is C16H19N3O2. The maximum absolute atomic E-state index is 11.5. The van der Waals surface area contributed by atoms with E-state index in [1.165, 1.54) is 0 Å². The zero-order valence-corrected chi connectivity index (χ0v) is 12.1. The van der Waals surface area contributed by atoms with Gasteiger partial charge in [-0.1, -0.05) is 24.3 Å². The van der Waals surface area contributed by atoms with E-state index in [-0.39, 0.29) is 5.91 Å². The Balaban J connectivity index is 1.93. The molecule has 0 spiro atoms. The minimum atomic E-state index is -0.558. The predicted molar refractivity (Wildman–Crippen MR) is 82.2 cm³/mol. The molecule has 1 amide bonds. The molecule has 3 rings (SSSR count). The lowest BCUT2D eigenvalue weighted by Crippen LogP contribution is -2.36. The van der Waals surface area contributed by atoms with Crippen molar-refractivity contribution in [1.29, 1.82) is 0 Å². The van der Waals surface area contributed by atoms with Gasteiger partial charge in [0.15, 0.2) is 0 Å². The Hall–Kier alpha value is -2.14. The first-order chi connectivity index (χ1) is 10.1. The fourth-order valence-corrected chi connectivity index (χ4v) is 2.82. The summed E-state index contributed by atoms with van der Waals surface area (Å²) in [6, 6.07) is 10.1. The van der Waals surface area contributed by atoms with Crippen LogP contribution in [0, 0.1) is 0 Å². The zero-order chi connectivity index (χ0) is 14.8. The van der Waals surface area contributed by atoms with E-state index in [9.17, 15) is 9.90 Å². The number of benzene rings is 1. The molecule has 0 bridgehead atoms. The van der Waals surface area contributed by atoms with Crippen LogP contribution in [0.1, 0.15) is 6.92 Å². The number of aliphatic hydroxyl groups is 1. The monoisotopic (exact) mass is 285 g/mol. The van der Waals surface area contributed by atoms with Crippen molar-refractivity contribution in [2.24, 2.45) is 0 Å². The van der Waals surface area contributed by atoms with Gasteiger partial charge < -0.3 is 14.9 Å². The average molecular weight is 285 g/mol. The van der Waals surface area contributed by atoms with E-state index in [0.29, 0.717) is 26.2 Å². The Morgan fingerprint density at radius 3 is 2.86 bits per heavy atom. The van der Waals surface area contributed by atoms with Crippen LogP contribution in [-0.2, 0) is 4.79 Å². The number of hydrogen-bond acceptors (Lipinski definition) is 4. The summed E-state index contributed by atoms with van der Waals surface area (Å²) in [6.07, 6.45) is 1.23. The SMILES string of the molecule is CC(=O)N1CCN(c2nccc3ccccc23)CC(O)C1. The van der Waals surface area contributed by atoms with Gasteiger partial charge in [0.2, 0.25) is 5.91 Å². The number of anilines is 1. The van der Waals surface area contributed by atoms with E-state index in [1.807, 2.05) is 24.3 Å². The van der Waals surface area contributed by atoms with E-state index >= 15 is 0 Å². The van der Waals surface area contributed by atoms with Crippen LogP contribution in [0.15, 0.2) is 36.5 Å². The predicted octanol–water partition coefficient (Wildman–Crippen LogP) is 1.26. The molecule has 1 aromatic carbocycles. The number of aromatic nitrogens is 1. The van der Waals surface area contributed by atoms with E-state index < -0.39 is 6.10 Å². The molecule has 110 valence electrons. The average Bonchev–Trinajstić information content (AvgIpc) is 2.68. The van der Waals surface area contributed by atoms with Crippen molar-refractivity contribution in [1.82, 2.24) is 9.88 Å². The van der Waals surface area contributed by atoms with Crippen LogP contribution in [0.4, 0.5) is 5.82 Å². The summed E-state index contributed by atoms with van der Waals surface area (Å²) in [6.45, 7) is 3.70. The minimum absolute atomic E-state index is 0.00165. The van der Waals surface area contributed by atoms with Gasteiger partial charge in [-0.15, -0.1) is 0 Å². The standard InChI is InChI=1S/C16H19N3O2/c1-12(20)18-8-9-19(11-14(21)10-18)16-15-5-3-2-4-13(15)6-7-17-16/h2-7,14,21H,8-11H2,1H3. The highest BCUT2D eigenvalue weighted by Crippen LogP contribution is 2.25. The molecule has 1 fully saturated rings. The van der Waals surface area contributed by atoms with Crippen molar-refractivity contribution < 1.29 is 9.90 Å². The lowest BCUT2D eigenvalue weighted by Gasteiger charge is -2.24. The van der Waals surface area contributed by atoms with Gasteiger partial charge >= 0.3 is 0 Å². The summed E-state index contributed by atoms with van der Waals surface area (Å²) in [5.74, 6) is 0.874. The molecule has 1 N–H and O–H groups in total. The van der Waals surface area contributed by atoms with Gasteiger partial charge in [0.05, 0.1) is 6.10 Å². The zero-order valence-electron chi connectivity index (χ0n) is 12.1. The molecule has 2 heterocycles. The number of carbonyl (C=O) groups is 1. The summed E-state index contributed by atoms with van der Waals surface area (Å²) >= 11 is 0. The Bertz CT molecular complexity index is 654. The molecule has 1 unspecified atom stereocenters. The second-order valence-electron chi connectivity index (χ2n) is 5.42. The van der Waals surface area contributed by atoms with Crippen LogP contribution in [0.5, 0.6) is 0 Å². The first-order valence-corrected chi connectivity index (χ1v) is 7.17. The van der Waals surface area contributed by atoms with Crippen molar-refractivity contribution in [3.8, 4) is 0 Å². The fourth-order valence-electron chi connectivity index (χ4n) is 2.82. The number of hydrogen-bond donors (Lipinski definition) is 1. The van der Waals surface area contributed by atoms with Crippen molar-refractivity contribution >= 4 is 22.5 Å². The normalized spacial score (nSPS) is 19.6. The molecule has 1 aliphatic rings. The lowest BCUT2D eigenvalue weighted by atomic mass is 10.1. The van der Waals surface area contributed by atoms with Gasteiger partial charge in [0.25, 0.3) is 0 Å². The van der Waals surface area contributed by atoms with Gasteiger partial charge in [0, 0.05) is 44.7 Å². The number of carbonyl (C=O) groups excluding carboxylic acids is 1. The van der Waals surface area contributed by atoms with Gasteiger partial charge in [-0.25, -0.2) is 4.98 Å². The topological polar surface area (TPSA) is 56.7 Å². The number of aliphatic hydroxyl groups excluding tert-OH is 1. The highest BCUT2D eigenvalue weighted by Gasteiger charge is 2.24. The van der Waals surface area contributed by atoms with Gasteiger partial charge in [0.1, 0.15) is 5.82 Å². The van der Waals surface area contributed by atoms with Crippen molar-refractivity contribution in [2.75, 3.05) is 31.1 Å². The fraction of sp³-hybridized carbons (Fsp3) is 0.375. The molecule has 1 saturated heterocycles.